The van der Waals surface area contributed by atoms with Gasteiger partial charge in [0.15, 0.2) is 0 Å². The molecule has 0 unspecified atom stereocenters. The fourth-order valence-electron chi connectivity index (χ4n) is 2.45. The van der Waals surface area contributed by atoms with Crippen molar-refractivity contribution in [3.8, 4) is 6.07 Å². The molecular formula is C20H17N5O. The Balaban J connectivity index is 1.84. The standard InChI is InChI=1S/C20H17N5O/c1-14-22-18(20(26)24-16-10-8-15(13-21)9-11-16)12-19(23-14)25(2)17-6-4-3-5-7-17/h3-12H,1-2H3,(H,24,26). The van der Waals surface area contributed by atoms with Crippen LogP contribution in [0.25, 0.3) is 0 Å². The van der Waals surface area contributed by atoms with Crippen LogP contribution in [-0.4, -0.2) is 22.9 Å². The highest BCUT2D eigenvalue weighted by Crippen LogP contribution is 2.22. The quantitative estimate of drug-likeness (QED) is 0.781. The van der Waals surface area contributed by atoms with Crippen molar-refractivity contribution in [2.45, 2.75) is 6.92 Å². The van der Waals surface area contributed by atoms with E-state index in [1.165, 1.54) is 0 Å². The number of hydrogen-bond acceptors (Lipinski definition) is 5. The van der Waals surface area contributed by atoms with Crippen molar-refractivity contribution in [2.75, 3.05) is 17.3 Å². The number of carbonyl (C=O) groups excluding carboxylic acids is 1. The summed E-state index contributed by atoms with van der Waals surface area (Å²) in [4.78, 5) is 23.1. The molecule has 128 valence electrons. The van der Waals surface area contributed by atoms with Crippen LogP contribution in [0.4, 0.5) is 17.2 Å². The highest BCUT2D eigenvalue weighted by Gasteiger charge is 2.14. The predicted octanol–water partition coefficient (Wildman–Crippen LogP) is 3.68. The average Bonchev–Trinajstić information content (AvgIpc) is 2.68. The number of nitrogens with zero attached hydrogens (tertiary/aromatic N) is 4. The Morgan fingerprint density at radius 1 is 1.08 bits per heavy atom. The number of aryl methyl sites for hydroxylation is 1. The van der Waals surface area contributed by atoms with Crippen LogP contribution in [0.2, 0.25) is 0 Å². The summed E-state index contributed by atoms with van der Waals surface area (Å²) in [7, 11) is 1.89. The molecule has 1 N–H and O–H groups in total. The van der Waals surface area contributed by atoms with Gasteiger partial charge in [-0.1, -0.05) is 18.2 Å². The molecule has 0 spiro atoms. The van der Waals surface area contributed by atoms with Gasteiger partial charge in [-0.15, -0.1) is 0 Å². The molecular weight excluding hydrogens is 326 g/mol. The van der Waals surface area contributed by atoms with Crippen LogP contribution in [0, 0.1) is 18.3 Å². The van der Waals surface area contributed by atoms with Gasteiger partial charge in [0, 0.05) is 24.5 Å². The topological polar surface area (TPSA) is 81.9 Å². The zero-order valence-electron chi connectivity index (χ0n) is 14.5. The summed E-state index contributed by atoms with van der Waals surface area (Å²) in [6.45, 7) is 1.75. The fourth-order valence-corrected chi connectivity index (χ4v) is 2.45. The molecule has 6 heteroatoms. The number of para-hydroxylation sites is 1. The lowest BCUT2D eigenvalue weighted by Gasteiger charge is -2.19. The van der Waals surface area contributed by atoms with Gasteiger partial charge in [-0.25, -0.2) is 9.97 Å². The molecule has 1 heterocycles. The molecule has 0 atom stereocenters. The van der Waals surface area contributed by atoms with Gasteiger partial charge in [0.05, 0.1) is 11.6 Å². The van der Waals surface area contributed by atoms with Gasteiger partial charge in [0.1, 0.15) is 17.3 Å². The first-order valence-electron chi connectivity index (χ1n) is 8.03. The van der Waals surface area contributed by atoms with Crippen molar-refractivity contribution in [2.24, 2.45) is 0 Å². The van der Waals surface area contributed by atoms with E-state index < -0.39 is 0 Å². The number of benzene rings is 2. The molecule has 3 aromatic rings. The first-order valence-corrected chi connectivity index (χ1v) is 8.03. The SMILES string of the molecule is Cc1nc(C(=O)Nc2ccc(C#N)cc2)cc(N(C)c2ccccc2)n1. The highest BCUT2D eigenvalue weighted by molar-refractivity contribution is 6.03. The lowest BCUT2D eigenvalue weighted by Crippen LogP contribution is -2.18. The molecule has 0 saturated carbocycles. The average molecular weight is 343 g/mol. The van der Waals surface area contributed by atoms with Crippen LogP contribution < -0.4 is 10.2 Å². The minimum atomic E-state index is -0.331. The summed E-state index contributed by atoms with van der Waals surface area (Å²) in [5.74, 6) is 0.812. The zero-order valence-corrected chi connectivity index (χ0v) is 14.5. The van der Waals surface area contributed by atoms with Crippen molar-refractivity contribution in [3.63, 3.8) is 0 Å². The Hall–Kier alpha value is -3.72. The molecule has 0 fully saturated rings. The summed E-state index contributed by atoms with van der Waals surface area (Å²) in [6, 6.07) is 20.1. The van der Waals surface area contributed by atoms with Gasteiger partial charge >= 0.3 is 0 Å². The van der Waals surface area contributed by atoms with E-state index in [0.29, 0.717) is 22.9 Å². The molecule has 0 aliphatic rings. The lowest BCUT2D eigenvalue weighted by molar-refractivity contribution is 0.102. The first-order chi connectivity index (χ1) is 12.6. The highest BCUT2D eigenvalue weighted by atomic mass is 16.1. The molecule has 0 aliphatic heterocycles. The number of hydrogen-bond donors (Lipinski definition) is 1. The van der Waals surface area contributed by atoms with Gasteiger partial charge in [-0.2, -0.15) is 5.26 Å². The third kappa shape index (κ3) is 3.84. The normalized spacial score (nSPS) is 10.0. The number of anilines is 3. The predicted molar refractivity (Wildman–Crippen MR) is 100 cm³/mol. The molecule has 1 amide bonds. The van der Waals surface area contributed by atoms with Gasteiger partial charge in [-0.05, 0) is 43.3 Å². The minimum Gasteiger partial charge on any atom is -0.329 e. The maximum atomic E-state index is 12.5. The van der Waals surface area contributed by atoms with E-state index in [0.717, 1.165) is 5.69 Å². The first kappa shape index (κ1) is 17.1. The van der Waals surface area contributed by atoms with Crippen molar-refractivity contribution < 1.29 is 4.79 Å². The van der Waals surface area contributed by atoms with Crippen molar-refractivity contribution >= 4 is 23.1 Å². The molecule has 0 bridgehead atoms. The van der Waals surface area contributed by atoms with Crippen LogP contribution in [0.3, 0.4) is 0 Å². The third-order valence-corrected chi connectivity index (χ3v) is 3.82. The van der Waals surface area contributed by atoms with Gasteiger partial charge in [-0.3, -0.25) is 4.79 Å². The number of rotatable bonds is 4. The summed E-state index contributed by atoms with van der Waals surface area (Å²) in [6.07, 6.45) is 0. The Labute approximate surface area is 151 Å². The number of carbonyl (C=O) groups is 1. The summed E-state index contributed by atoms with van der Waals surface area (Å²) < 4.78 is 0. The Kier molecular flexibility index (Phi) is 4.90. The monoisotopic (exact) mass is 343 g/mol. The summed E-state index contributed by atoms with van der Waals surface area (Å²) in [5.41, 5.74) is 2.37. The van der Waals surface area contributed by atoms with E-state index in [2.05, 4.69) is 15.3 Å². The summed E-state index contributed by atoms with van der Waals surface area (Å²) in [5, 5.41) is 11.6. The molecule has 0 aliphatic carbocycles. The van der Waals surface area contributed by atoms with E-state index in [1.807, 2.05) is 48.3 Å². The van der Waals surface area contributed by atoms with E-state index in [1.54, 1.807) is 37.3 Å². The zero-order chi connectivity index (χ0) is 18.5. The Bertz CT molecular complexity index is 962. The lowest BCUT2D eigenvalue weighted by atomic mass is 10.2. The van der Waals surface area contributed by atoms with E-state index in [-0.39, 0.29) is 11.6 Å². The van der Waals surface area contributed by atoms with E-state index in [4.69, 9.17) is 5.26 Å². The molecule has 1 aromatic heterocycles. The molecule has 3 rings (SSSR count). The number of nitrogens with one attached hydrogen (secondary N) is 1. The van der Waals surface area contributed by atoms with Crippen molar-refractivity contribution in [1.82, 2.24) is 9.97 Å². The number of nitriles is 1. The van der Waals surface area contributed by atoms with E-state index in [9.17, 15) is 4.79 Å². The van der Waals surface area contributed by atoms with Crippen LogP contribution >= 0.6 is 0 Å². The largest absolute Gasteiger partial charge is 0.329 e. The number of aromatic nitrogens is 2. The molecule has 0 radical (unpaired) electrons. The maximum Gasteiger partial charge on any atom is 0.274 e. The molecule has 26 heavy (non-hydrogen) atoms. The number of amides is 1. The van der Waals surface area contributed by atoms with Crippen LogP contribution in [0.5, 0.6) is 0 Å². The molecule has 0 saturated heterocycles. The molecule has 2 aromatic carbocycles. The van der Waals surface area contributed by atoms with Crippen molar-refractivity contribution in [3.05, 3.63) is 77.7 Å². The van der Waals surface area contributed by atoms with Gasteiger partial charge < -0.3 is 10.2 Å². The van der Waals surface area contributed by atoms with Crippen molar-refractivity contribution in [1.29, 1.82) is 5.26 Å². The van der Waals surface area contributed by atoms with Crippen LogP contribution in [0.15, 0.2) is 60.7 Å². The maximum absolute atomic E-state index is 12.5. The Morgan fingerprint density at radius 3 is 2.42 bits per heavy atom. The van der Waals surface area contributed by atoms with Crippen LogP contribution in [0.1, 0.15) is 21.9 Å². The van der Waals surface area contributed by atoms with Gasteiger partial charge in [0.2, 0.25) is 0 Å². The molecule has 6 nitrogen and oxygen atoms in total. The third-order valence-electron chi connectivity index (χ3n) is 3.82. The minimum absolute atomic E-state index is 0.277. The smallest absolute Gasteiger partial charge is 0.274 e. The second-order valence-electron chi connectivity index (χ2n) is 5.70. The second kappa shape index (κ2) is 7.45. The van der Waals surface area contributed by atoms with Crippen LogP contribution in [-0.2, 0) is 0 Å². The fraction of sp³-hybridized carbons (Fsp3) is 0.100. The van der Waals surface area contributed by atoms with Gasteiger partial charge in [0.25, 0.3) is 5.91 Å². The van der Waals surface area contributed by atoms with E-state index >= 15 is 0 Å². The Morgan fingerprint density at radius 2 is 1.77 bits per heavy atom. The summed E-state index contributed by atoms with van der Waals surface area (Å²) >= 11 is 0. The second-order valence-corrected chi connectivity index (χ2v) is 5.70.